The number of methoxy groups -OCH3 is 1. The van der Waals surface area contributed by atoms with Crippen molar-refractivity contribution in [2.24, 2.45) is 5.92 Å². The predicted molar refractivity (Wildman–Crippen MR) is 239 cm³/mol. The number of nitrogens with zero attached hydrogens (tertiary/aromatic N) is 5. The quantitative estimate of drug-likeness (QED) is 0.130. The Bertz CT molecular complexity index is 2790. The molecule has 7 aromatic rings. The molecule has 0 aliphatic carbocycles. The standard InChI is InChI=1S/C50H47N5O5Si/c1-32-47(61(3,4)38-26-24-37(59-2)25-27-38)44(28-29-53-31-41(51-52-53)46(56)35-12-6-5-7-13-35)60-50(32)40-17-8-9-18-42(40)54(49(50)58)30-33-20-22-36(23-21-33)55-43-19-11-15-34-14-10-16-39(45(34)43)48(55)57/h5-27,31-32,44,46-47,56H,28-30H2,1-4H3/t32-,44+,46-,47-,50+/m1/s1. The van der Waals surface area contributed by atoms with E-state index in [1.54, 1.807) is 22.9 Å². The number of carbonyl (C=O) groups is 2. The first-order valence-electron chi connectivity index (χ1n) is 20.9. The van der Waals surface area contributed by atoms with E-state index < -0.39 is 19.8 Å². The molecule has 11 heteroatoms. The lowest BCUT2D eigenvalue weighted by molar-refractivity contribution is -0.146. The van der Waals surface area contributed by atoms with Crippen LogP contribution in [0.15, 0.2) is 146 Å². The van der Waals surface area contributed by atoms with Crippen LogP contribution in [0.25, 0.3) is 10.8 Å². The van der Waals surface area contributed by atoms with Crippen LogP contribution in [-0.2, 0) is 28.2 Å². The molecule has 2 amide bonds. The Hall–Kier alpha value is -6.40. The van der Waals surface area contributed by atoms with Crippen molar-refractivity contribution in [3.63, 3.8) is 0 Å². The first-order chi connectivity index (χ1) is 29.6. The molecule has 1 N–H and O–H groups in total. The Morgan fingerprint density at radius 3 is 2.30 bits per heavy atom. The molecule has 3 aliphatic rings. The van der Waals surface area contributed by atoms with Crippen molar-refractivity contribution in [1.82, 2.24) is 15.0 Å². The molecule has 10 rings (SSSR count). The fraction of sp³-hybridized carbons (Fsp3) is 0.240. The highest BCUT2D eigenvalue weighted by atomic mass is 28.3. The number of ether oxygens (including phenoxy) is 2. The zero-order chi connectivity index (χ0) is 42.0. The van der Waals surface area contributed by atoms with Gasteiger partial charge in [0.1, 0.15) is 17.5 Å². The Labute approximate surface area is 356 Å². The number of hydrogen-bond donors (Lipinski definition) is 1. The maximum Gasteiger partial charge on any atom is 0.264 e. The highest BCUT2D eigenvalue weighted by Crippen LogP contribution is 2.60. The second kappa shape index (κ2) is 14.9. The third kappa shape index (κ3) is 6.21. The highest BCUT2D eigenvalue weighted by molar-refractivity contribution is 6.91. The SMILES string of the molecule is COc1ccc([Si](C)(C)[C@H]2[C@H](CCn3cc([C@H](O)c4ccccc4)nn3)O[C@@]3(C(=O)N(Cc4ccc(N5C(=O)c6cccc7cccc5c67)cc4)c4ccccc43)[C@@H]2C)cc1. The number of amides is 2. The number of anilines is 3. The minimum absolute atomic E-state index is 0.0432. The van der Waals surface area contributed by atoms with Crippen LogP contribution in [0.1, 0.15) is 52.2 Å². The first kappa shape index (κ1) is 38.8. The van der Waals surface area contributed by atoms with E-state index >= 15 is 4.79 Å². The van der Waals surface area contributed by atoms with Gasteiger partial charge in [-0.1, -0.05) is 127 Å². The lowest BCUT2D eigenvalue weighted by atomic mass is 9.82. The van der Waals surface area contributed by atoms with E-state index in [9.17, 15) is 9.90 Å². The molecule has 306 valence electrons. The van der Waals surface area contributed by atoms with E-state index in [0.29, 0.717) is 30.8 Å². The summed E-state index contributed by atoms with van der Waals surface area (Å²) in [6.07, 6.45) is 1.22. The molecule has 3 aliphatic heterocycles. The third-order valence-electron chi connectivity index (χ3n) is 13.4. The summed E-state index contributed by atoms with van der Waals surface area (Å²) in [6.45, 7) is 7.80. The van der Waals surface area contributed by atoms with Crippen molar-refractivity contribution >= 4 is 52.9 Å². The number of carbonyl (C=O) groups excluding carboxylic acids is 2. The molecule has 1 saturated heterocycles. The average molecular weight is 826 g/mol. The van der Waals surface area contributed by atoms with Crippen LogP contribution in [0.4, 0.5) is 17.1 Å². The van der Waals surface area contributed by atoms with Gasteiger partial charge in [-0.2, -0.15) is 0 Å². The van der Waals surface area contributed by atoms with Gasteiger partial charge < -0.3 is 19.5 Å². The molecule has 10 nitrogen and oxygen atoms in total. The van der Waals surface area contributed by atoms with Gasteiger partial charge in [-0.25, -0.2) is 0 Å². The summed E-state index contributed by atoms with van der Waals surface area (Å²) in [7, 11) is -0.702. The Kier molecular flexibility index (Phi) is 9.50. The number of benzene rings is 6. The molecule has 6 aromatic carbocycles. The van der Waals surface area contributed by atoms with E-state index in [1.807, 2.05) is 126 Å². The first-order valence-corrected chi connectivity index (χ1v) is 24.0. The molecule has 1 fully saturated rings. The van der Waals surface area contributed by atoms with Gasteiger partial charge in [-0.05, 0) is 70.9 Å². The van der Waals surface area contributed by atoms with Gasteiger partial charge in [0.05, 0.1) is 51.0 Å². The molecule has 0 unspecified atom stereocenters. The van der Waals surface area contributed by atoms with Crippen LogP contribution in [0, 0.1) is 5.92 Å². The lowest BCUT2D eigenvalue weighted by Gasteiger charge is -2.37. The summed E-state index contributed by atoms with van der Waals surface area (Å²) in [5.74, 6) is 0.522. The van der Waals surface area contributed by atoms with Crippen LogP contribution in [0.3, 0.4) is 0 Å². The zero-order valence-corrected chi connectivity index (χ0v) is 35.6. The molecule has 1 spiro atoms. The van der Waals surface area contributed by atoms with Crippen molar-refractivity contribution in [3.05, 3.63) is 174 Å². The van der Waals surface area contributed by atoms with Crippen molar-refractivity contribution < 1.29 is 24.2 Å². The smallest absolute Gasteiger partial charge is 0.264 e. The fourth-order valence-electron chi connectivity index (χ4n) is 10.4. The van der Waals surface area contributed by atoms with Crippen LogP contribution >= 0.6 is 0 Å². The van der Waals surface area contributed by atoms with Gasteiger partial charge in [0, 0.05) is 29.1 Å². The normalized spacial score (nSPS) is 21.2. The number of aliphatic hydroxyl groups excluding tert-OH is 1. The number of para-hydroxylation sites is 1. The number of rotatable bonds is 11. The number of hydrogen-bond acceptors (Lipinski definition) is 7. The van der Waals surface area contributed by atoms with Crippen LogP contribution in [0.5, 0.6) is 5.75 Å². The molecule has 0 bridgehead atoms. The maximum absolute atomic E-state index is 15.4. The summed E-state index contributed by atoms with van der Waals surface area (Å²) in [6, 6.07) is 45.7. The van der Waals surface area contributed by atoms with Crippen molar-refractivity contribution in [1.29, 1.82) is 0 Å². The summed E-state index contributed by atoms with van der Waals surface area (Å²) in [5, 5.41) is 23.1. The van der Waals surface area contributed by atoms with E-state index in [0.717, 1.165) is 50.3 Å². The minimum atomic E-state index is -2.38. The lowest BCUT2D eigenvalue weighted by Crippen LogP contribution is -2.51. The summed E-state index contributed by atoms with van der Waals surface area (Å²) >= 11 is 0. The second-order valence-corrected chi connectivity index (χ2v) is 21.7. The topological polar surface area (TPSA) is 110 Å². The van der Waals surface area contributed by atoms with Gasteiger partial charge in [0.15, 0.2) is 5.60 Å². The van der Waals surface area contributed by atoms with Gasteiger partial charge in [-0.3, -0.25) is 19.2 Å². The average Bonchev–Trinajstić information content (AvgIpc) is 4.03. The molecule has 5 atom stereocenters. The van der Waals surface area contributed by atoms with Gasteiger partial charge >= 0.3 is 0 Å². The fourth-order valence-corrected chi connectivity index (χ4v) is 14.5. The molecule has 1 aromatic heterocycles. The molecular formula is C50H47N5O5Si. The van der Waals surface area contributed by atoms with Crippen molar-refractivity contribution in [2.45, 2.75) is 62.9 Å². The van der Waals surface area contributed by atoms with Crippen molar-refractivity contribution in [3.8, 4) is 5.75 Å². The molecular weight excluding hydrogens is 779 g/mol. The van der Waals surface area contributed by atoms with Gasteiger partial charge in [0.2, 0.25) is 0 Å². The van der Waals surface area contributed by atoms with Gasteiger partial charge in [0.25, 0.3) is 11.8 Å². The molecule has 0 saturated carbocycles. The molecule has 0 radical (unpaired) electrons. The van der Waals surface area contributed by atoms with E-state index in [1.165, 1.54) is 5.19 Å². The van der Waals surface area contributed by atoms with Crippen LogP contribution in [-0.4, -0.2) is 53.2 Å². The summed E-state index contributed by atoms with van der Waals surface area (Å²) < 4.78 is 14.7. The van der Waals surface area contributed by atoms with E-state index in [4.69, 9.17) is 9.47 Å². The number of aliphatic hydroxyl groups is 1. The second-order valence-electron chi connectivity index (χ2n) is 17.1. The number of aromatic nitrogens is 3. The zero-order valence-electron chi connectivity index (χ0n) is 34.6. The Morgan fingerprint density at radius 2 is 1.54 bits per heavy atom. The summed E-state index contributed by atoms with van der Waals surface area (Å²) in [4.78, 5) is 32.7. The molecule has 61 heavy (non-hydrogen) atoms. The molecule has 4 heterocycles. The van der Waals surface area contributed by atoms with E-state index in [-0.39, 0.29) is 29.4 Å². The monoisotopic (exact) mass is 825 g/mol. The predicted octanol–water partition coefficient (Wildman–Crippen LogP) is 8.67. The largest absolute Gasteiger partial charge is 0.497 e. The minimum Gasteiger partial charge on any atom is -0.497 e. The van der Waals surface area contributed by atoms with Crippen LogP contribution < -0.4 is 19.7 Å². The van der Waals surface area contributed by atoms with Crippen LogP contribution in [0.2, 0.25) is 18.6 Å². The Morgan fingerprint density at radius 1 is 0.836 bits per heavy atom. The van der Waals surface area contributed by atoms with Gasteiger partial charge in [-0.15, -0.1) is 5.10 Å². The summed E-state index contributed by atoms with van der Waals surface area (Å²) in [5.41, 5.74) is 5.11. The number of aryl methyl sites for hydroxylation is 1. The van der Waals surface area contributed by atoms with E-state index in [2.05, 4.69) is 48.5 Å². The third-order valence-corrected chi connectivity index (χ3v) is 17.8. The highest BCUT2D eigenvalue weighted by Gasteiger charge is 2.66. The number of fused-ring (bicyclic) bond motifs is 2. The Balaban J connectivity index is 0.958. The maximum atomic E-state index is 15.4. The van der Waals surface area contributed by atoms with Crippen molar-refractivity contribution in [2.75, 3.05) is 16.9 Å².